The molecule has 5 rings (SSSR count). The molecule has 0 aliphatic heterocycles. The molecule has 8 nitrogen and oxygen atoms in total. The summed E-state index contributed by atoms with van der Waals surface area (Å²) in [5, 5.41) is 10.5. The summed E-state index contributed by atoms with van der Waals surface area (Å²) in [6.45, 7) is 5.96. The highest BCUT2D eigenvalue weighted by molar-refractivity contribution is 6.01. The number of amides is 2. The first-order chi connectivity index (χ1) is 16.8. The van der Waals surface area contributed by atoms with E-state index in [1.807, 2.05) is 56.7 Å². The summed E-state index contributed by atoms with van der Waals surface area (Å²) < 4.78 is 3.69. The van der Waals surface area contributed by atoms with Crippen LogP contribution in [-0.4, -0.2) is 37.2 Å². The van der Waals surface area contributed by atoms with Crippen molar-refractivity contribution >= 4 is 17.5 Å². The largest absolute Gasteiger partial charge is 0.339 e. The molecule has 0 bridgehead atoms. The van der Waals surface area contributed by atoms with Crippen LogP contribution in [0.5, 0.6) is 0 Å². The topological polar surface area (TPSA) is 93.8 Å². The number of imidazole rings is 1. The second kappa shape index (κ2) is 9.32. The highest BCUT2D eigenvalue weighted by atomic mass is 16.2. The molecule has 2 aromatic heterocycles. The van der Waals surface area contributed by atoms with Crippen molar-refractivity contribution in [3.8, 4) is 11.3 Å². The fraction of sp³-hybridized carbons (Fsp3) is 0.481. The van der Waals surface area contributed by atoms with Crippen molar-refractivity contribution in [1.29, 1.82) is 0 Å². The number of carbonyl (C=O) groups is 2. The van der Waals surface area contributed by atoms with Gasteiger partial charge in [0.05, 0.1) is 17.7 Å². The van der Waals surface area contributed by atoms with E-state index in [9.17, 15) is 9.59 Å². The van der Waals surface area contributed by atoms with E-state index in [1.165, 1.54) is 0 Å². The minimum Gasteiger partial charge on any atom is -0.339 e. The molecule has 2 saturated carbocycles. The lowest BCUT2D eigenvalue weighted by Crippen LogP contribution is -2.50. The molecular weight excluding hydrogens is 440 g/mol. The predicted molar refractivity (Wildman–Crippen MR) is 135 cm³/mol. The predicted octanol–water partition coefficient (Wildman–Crippen LogP) is 4.35. The molecule has 35 heavy (non-hydrogen) atoms. The lowest BCUT2D eigenvalue weighted by Gasteiger charge is -2.28. The number of benzene rings is 1. The van der Waals surface area contributed by atoms with E-state index in [0.717, 1.165) is 48.3 Å². The van der Waals surface area contributed by atoms with Crippen LogP contribution in [-0.2, 0) is 11.8 Å². The molecule has 2 N–H and O–H groups in total. The number of hydrogen-bond acceptors (Lipinski definition) is 4. The highest BCUT2D eigenvalue weighted by Crippen LogP contribution is 2.51. The number of nitrogens with one attached hydrogen (secondary N) is 2. The van der Waals surface area contributed by atoms with Crippen LogP contribution >= 0.6 is 0 Å². The van der Waals surface area contributed by atoms with Crippen molar-refractivity contribution in [1.82, 2.24) is 24.6 Å². The maximum absolute atomic E-state index is 13.6. The van der Waals surface area contributed by atoms with Crippen molar-refractivity contribution in [3.63, 3.8) is 0 Å². The van der Waals surface area contributed by atoms with Gasteiger partial charge < -0.3 is 15.2 Å². The molecule has 2 amide bonds. The molecule has 2 aliphatic rings. The molecule has 2 aliphatic carbocycles. The standard InChI is InChI=1S/C27H34N6O2/c1-16(2)33-22(13-14-29-33)26(34)31-24(23(18-5-6-18)19-7-8-19)27(35)30-21-11-9-20(10-12-21)25-17(3)28-15-32(25)4/h9-16,18-19,23-24H,5-8H2,1-4H3,(H,30,35)(H,31,34)/t24-/m0/s1. The van der Waals surface area contributed by atoms with Crippen molar-refractivity contribution in [2.75, 3.05) is 5.32 Å². The molecule has 8 heteroatoms. The third-order valence-corrected chi connectivity index (χ3v) is 7.22. The summed E-state index contributed by atoms with van der Waals surface area (Å²) >= 11 is 0. The third kappa shape index (κ3) is 4.88. The zero-order valence-electron chi connectivity index (χ0n) is 20.9. The van der Waals surface area contributed by atoms with Crippen molar-refractivity contribution in [3.05, 3.63) is 54.2 Å². The minimum absolute atomic E-state index is 0.0577. The number of anilines is 1. The summed E-state index contributed by atoms with van der Waals surface area (Å²) in [5.41, 5.74) is 4.26. The van der Waals surface area contributed by atoms with E-state index in [4.69, 9.17) is 0 Å². The average Bonchev–Trinajstić information content (AvgIpc) is 3.76. The van der Waals surface area contributed by atoms with E-state index in [2.05, 4.69) is 20.7 Å². The van der Waals surface area contributed by atoms with E-state index >= 15 is 0 Å². The molecule has 0 spiro atoms. The van der Waals surface area contributed by atoms with E-state index < -0.39 is 6.04 Å². The first-order valence-corrected chi connectivity index (χ1v) is 12.6. The van der Waals surface area contributed by atoms with Gasteiger partial charge in [0.25, 0.3) is 5.91 Å². The normalized spacial score (nSPS) is 16.5. The van der Waals surface area contributed by atoms with Crippen LogP contribution in [0, 0.1) is 24.7 Å². The first kappa shape index (κ1) is 23.3. The third-order valence-electron chi connectivity index (χ3n) is 7.22. The summed E-state index contributed by atoms with van der Waals surface area (Å²) in [6, 6.07) is 9.01. The van der Waals surface area contributed by atoms with Gasteiger partial charge in [-0.3, -0.25) is 14.3 Å². The number of aryl methyl sites for hydroxylation is 2. The van der Waals surface area contributed by atoms with Crippen LogP contribution in [0.4, 0.5) is 5.69 Å². The molecular formula is C27H34N6O2. The zero-order chi connectivity index (χ0) is 24.7. The van der Waals surface area contributed by atoms with Crippen LogP contribution in [0.1, 0.15) is 61.8 Å². The van der Waals surface area contributed by atoms with E-state index in [-0.39, 0.29) is 23.8 Å². The number of nitrogens with zero attached hydrogens (tertiary/aromatic N) is 4. The Morgan fingerprint density at radius 3 is 2.23 bits per heavy atom. The van der Waals surface area contributed by atoms with Gasteiger partial charge in [-0.15, -0.1) is 0 Å². The van der Waals surface area contributed by atoms with Crippen LogP contribution in [0.25, 0.3) is 11.3 Å². The van der Waals surface area contributed by atoms with Gasteiger partial charge in [0, 0.05) is 30.5 Å². The quantitative estimate of drug-likeness (QED) is 0.482. The Balaban J connectivity index is 1.36. The number of hydrogen-bond donors (Lipinski definition) is 2. The second-order valence-electron chi connectivity index (χ2n) is 10.3. The Morgan fingerprint density at radius 1 is 1.03 bits per heavy atom. The van der Waals surface area contributed by atoms with Gasteiger partial charge in [0.15, 0.2) is 0 Å². The number of aromatic nitrogens is 4. The lowest BCUT2D eigenvalue weighted by molar-refractivity contribution is -0.119. The van der Waals surface area contributed by atoms with E-state index in [0.29, 0.717) is 17.5 Å². The van der Waals surface area contributed by atoms with Gasteiger partial charge in [-0.1, -0.05) is 12.1 Å². The fourth-order valence-electron chi connectivity index (χ4n) is 5.24. The van der Waals surface area contributed by atoms with E-state index in [1.54, 1.807) is 23.3 Å². The maximum atomic E-state index is 13.6. The van der Waals surface area contributed by atoms with Crippen LogP contribution in [0.2, 0.25) is 0 Å². The maximum Gasteiger partial charge on any atom is 0.270 e. The molecule has 1 atom stereocenters. The van der Waals surface area contributed by atoms with Gasteiger partial charge in [0.1, 0.15) is 11.7 Å². The molecule has 0 unspecified atom stereocenters. The summed E-state index contributed by atoms with van der Waals surface area (Å²) in [5.74, 6) is 0.783. The monoisotopic (exact) mass is 474 g/mol. The Bertz CT molecular complexity index is 1190. The Morgan fingerprint density at radius 2 is 1.69 bits per heavy atom. The van der Waals surface area contributed by atoms with Crippen molar-refractivity contribution < 1.29 is 9.59 Å². The number of rotatable bonds is 9. The Hall–Kier alpha value is -3.42. The minimum atomic E-state index is -0.572. The Kier molecular flexibility index (Phi) is 6.21. The summed E-state index contributed by atoms with van der Waals surface area (Å²) in [6.07, 6.45) is 7.95. The Labute approximate surface area is 206 Å². The SMILES string of the molecule is Cc1ncn(C)c1-c1ccc(NC(=O)[C@@H](NC(=O)c2ccnn2C(C)C)C(C2CC2)C2CC2)cc1. The molecule has 1 aromatic carbocycles. The average molecular weight is 475 g/mol. The molecule has 0 radical (unpaired) electrons. The van der Waals surface area contributed by atoms with Crippen LogP contribution in [0.15, 0.2) is 42.9 Å². The van der Waals surface area contributed by atoms with Crippen LogP contribution in [0.3, 0.4) is 0 Å². The molecule has 0 saturated heterocycles. The molecule has 184 valence electrons. The molecule has 2 fully saturated rings. The fourth-order valence-corrected chi connectivity index (χ4v) is 5.24. The molecule has 2 heterocycles. The van der Waals surface area contributed by atoms with Crippen molar-refractivity contribution in [2.24, 2.45) is 24.8 Å². The van der Waals surface area contributed by atoms with Crippen LogP contribution < -0.4 is 10.6 Å². The van der Waals surface area contributed by atoms with Gasteiger partial charge in [0.2, 0.25) is 5.91 Å². The smallest absolute Gasteiger partial charge is 0.270 e. The first-order valence-electron chi connectivity index (χ1n) is 12.6. The van der Waals surface area contributed by atoms with Gasteiger partial charge in [-0.2, -0.15) is 5.10 Å². The van der Waals surface area contributed by atoms with Gasteiger partial charge >= 0.3 is 0 Å². The van der Waals surface area contributed by atoms with Gasteiger partial charge in [-0.05, 0) is 82.4 Å². The van der Waals surface area contributed by atoms with Crippen molar-refractivity contribution in [2.45, 2.75) is 58.5 Å². The van der Waals surface area contributed by atoms with Gasteiger partial charge in [-0.25, -0.2) is 4.98 Å². The second-order valence-corrected chi connectivity index (χ2v) is 10.3. The summed E-state index contributed by atoms with van der Waals surface area (Å²) in [4.78, 5) is 31.2. The summed E-state index contributed by atoms with van der Waals surface area (Å²) in [7, 11) is 1.97. The lowest BCUT2D eigenvalue weighted by atomic mass is 9.88. The highest BCUT2D eigenvalue weighted by Gasteiger charge is 2.48. The molecule has 3 aromatic rings. The number of carbonyl (C=O) groups excluding carboxylic acids is 2. The zero-order valence-corrected chi connectivity index (χ0v) is 20.9.